The summed E-state index contributed by atoms with van der Waals surface area (Å²) in [4.78, 5) is 8.05. The second-order valence-electron chi connectivity index (χ2n) is 4.12. The molecule has 0 N–H and O–H groups in total. The molecule has 0 radical (unpaired) electrons. The van der Waals surface area contributed by atoms with Crippen LogP contribution in [0.2, 0.25) is 10.3 Å². The van der Waals surface area contributed by atoms with Crippen LogP contribution in [0.4, 0.5) is 13.2 Å². The Kier molecular flexibility index (Phi) is 2.81. The van der Waals surface area contributed by atoms with Gasteiger partial charge in [-0.1, -0.05) is 11.6 Å². The molecular weight excluding hydrogens is 316 g/mol. The molecule has 0 saturated heterocycles. The molecule has 1 aromatic carbocycles. The minimum Gasteiger partial charge on any atom is -0.218 e. The van der Waals surface area contributed by atoms with E-state index >= 15 is 0 Å². The van der Waals surface area contributed by atoms with Gasteiger partial charge in [0, 0.05) is 5.39 Å². The van der Waals surface area contributed by atoms with Gasteiger partial charge in [-0.15, -0.1) is 5.10 Å². The standard InChI is InChI=1S/C11H5Cl2F3N4/c1-4-17-9-5-2-6(11(14,15)16)7(12)3-8(5)18-10(13)20(9)19-4/h2-3H,1H3. The first-order valence-corrected chi connectivity index (χ1v) is 6.12. The molecule has 3 rings (SSSR count). The van der Waals surface area contributed by atoms with Crippen LogP contribution in [0.15, 0.2) is 12.1 Å². The lowest BCUT2D eigenvalue weighted by Gasteiger charge is -2.10. The number of aryl methyl sites for hydroxylation is 1. The number of hydrogen-bond donors (Lipinski definition) is 0. The number of alkyl halides is 3. The topological polar surface area (TPSA) is 43.1 Å². The van der Waals surface area contributed by atoms with Gasteiger partial charge in [-0.2, -0.15) is 17.7 Å². The fraction of sp³-hybridized carbons (Fsp3) is 0.182. The van der Waals surface area contributed by atoms with Crippen LogP contribution < -0.4 is 0 Å². The predicted octanol–water partition coefficient (Wildman–Crippen LogP) is 3.91. The molecule has 2 heterocycles. The third-order valence-electron chi connectivity index (χ3n) is 2.73. The van der Waals surface area contributed by atoms with Crippen LogP contribution in [0.3, 0.4) is 0 Å². The first-order chi connectivity index (χ1) is 9.27. The molecule has 0 bridgehead atoms. The highest BCUT2D eigenvalue weighted by Gasteiger charge is 2.34. The van der Waals surface area contributed by atoms with Crippen LogP contribution in [0.25, 0.3) is 16.6 Å². The summed E-state index contributed by atoms with van der Waals surface area (Å²) in [6, 6.07) is 2.03. The van der Waals surface area contributed by atoms with Gasteiger partial charge in [-0.05, 0) is 30.7 Å². The minimum atomic E-state index is -4.56. The predicted molar refractivity (Wildman–Crippen MR) is 68.0 cm³/mol. The first kappa shape index (κ1) is 13.4. The zero-order valence-electron chi connectivity index (χ0n) is 9.83. The number of fused-ring (bicyclic) bond motifs is 3. The maximum atomic E-state index is 12.9. The highest BCUT2D eigenvalue weighted by atomic mass is 35.5. The third kappa shape index (κ3) is 1.97. The van der Waals surface area contributed by atoms with Crippen molar-refractivity contribution in [3.8, 4) is 0 Å². The Labute approximate surface area is 120 Å². The van der Waals surface area contributed by atoms with E-state index in [4.69, 9.17) is 23.2 Å². The van der Waals surface area contributed by atoms with Crippen LogP contribution in [0.1, 0.15) is 11.4 Å². The van der Waals surface area contributed by atoms with Crippen molar-refractivity contribution in [2.24, 2.45) is 0 Å². The summed E-state index contributed by atoms with van der Waals surface area (Å²) in [6.45, 7) is 1.61. The van der Waals surface area contributed by atoms with Crippen molar-refractivity contribution in [3.63, 3.8) is 0 Å². The van der Waals surface area contributed by atoms with Crippen LogP contribution in [-0.4, -0.2) is 19.6 Å². The number of halogens is 5. The fourth-order valence-electron chi connectivity index (χ4n) is 1.92. The normalized spacial score (nSPS) is 12.5. The smallest absolute Gasteiger partial charge is 0.218 e. The molecule has 3 aromatic rings. The Morgan fingerprint density at radius 2 is 1.85 bits per heavy atom. The van der Waals surface area contributed by atoms with Crippen LogP contribution in [0, 0.1) is 6.92 Å². The highest BCUT2D eigenvalue weighted by Crippen LogP contribution is 2.37. The summed E-state index contributed by atoms with van der Waals surface area (Å²) in [5, 5.41) is 3.73. The number of hydrogen-bond acceptors (Lipinski definition) is 3. The van der Waals surface area contributed by atoms with Crippen molar-refractivity contribution >= 4 is 39.8 Å². The minimum absolute atomic E-state index is 0.00363. The lowest BCUT2D eigenvalue weighted by atomic mass is 10.1. The van der Waals surface area contributed by atoms with Crippen molar-refractivity contribution < 1.29 is 13.2 Å². The molecule has 0 aliphatic heterocycles. The molecule has 0 spiro atoms. The molecule has 0 aliphatic rings. The molecule has 0 unspecified atom stereocenters. The summed E-state index contributed by atoms with van der Waals surface area (Å²) in [7, 11) is 0. The Hall–Kier alpha value is -1.60. The second-order valence-corrected chi connectivity index (χ2v) is 4.87. The van der Waals surface area contributed by atoms with E-state index < -0.39 is 16.8 Å². The lowest BCUT2D eigenvalue weighted by Crippen LogP contribution is -2.06. The number of nitrogens with zero attached hydrogens (tertiary/aromatic N) is 4. The Balaban J connectivity index is 2.48. The van der Waals surface area contributed by atoms with Crippen LogP contribution in [-0.2, 0) is 6.18 Å². The maximum Gasteiger partial charge on any atom is 0.417 e. The molecule has 0 amide bonds. The SMILES string of the molecule is Cc1nc2c3cc(C(F)(F)F)c(Cl)cc3nc(Cl)n2n1. The van der Waals surface area contributed by atoms with Crippen LogP contribution >= 0.6 is 23.2 Å². The monoisotopic (exact) mass is 320 g/mol. The second kappa shape index (κ2) is 4.20. The highest BCUT2D eigenvalue weighted by molar-refractivity contribution is 6.32. The zero-order valence-corrected chi connectivity index (χ0v) is 11.3. The average molecular weight is 321 g/mol. The third-order valence-corrected chi connectivity index (χ3v) is 3.29. The summed E-state index contributed by atoms with van der Waals surface area (Å²) in [5.74, 6) is 0.379. The number of rotatable bonds is 0. The van der Waals surface area contributed by atoms with E-state index in [1.165, 1.54) is 4.52 Å². The first-order valence-electron chi connectivity index (χ1n) is 5.36. The van der Waals surface area contributed by atoms with E-state index in [1.54, 1.807) is 6.92 Å². The van der Waals surface area contributed by atoms with E-state index in [0.717, 1.165) is 12.1 Å². The molecule has 2 aromatic heterocycles. The summed E-state index contributed by atoms with van der Waals surface area (Å²) in [5.41, 5.74) is -0.508. The van der Waals surface area contributed by atoms with E-state index in [2.05, 4.69) is 15.1 Å². The van der Waals surface area contributed by atoms with E-state index in [0.29, 0.717) is 5.82 Å². The van der Waals surface area contributed by atoms with Gasteiger partial charge in [0.05, 0.1) is 16.1 Å². The molecule has 0 saturated carbocycles. The zero-order chi connectivity index (χ0) is 14.7. The van der Waals surface area contributed by atoms with Crippen molar-refractivity contribution in [3.05, 3.63) is 33.8 Å². The van der Waals surface area contributed by atoms with Gasteiger partial charge >= 0.3 is 6.18 Å². The summed E-state index contributed by atoms with van der Waals surface area (Å²) >= 11 is 11.6. The van der Waals surface area contributed by atoms with E-state index in [9.17, 15) is 13.2 Å². The molecule has 0 aliphatic carbocycles. The van der Waals surface area contributed by atoms with Gasteiger partial charge in [0.25, 0.3) is 0 Å². The fourth-order valence-corrected chi connectivity index (χ4v) is 2.39. The number of benzene rings is 1. The Morgan fingerprint density at radius 3 is 2.50 bits per heavy atom. The number of aromatic nitrogens is 4. The van der Waals surface area contributed by atoms with Gasteiger partial charge in [0.2, 0.25) is 5.28 Å². The summed E-state index contributed by atoms with van der Waals surface area (Å²) < 4.78 is 39.9. The molecular formula is C11H5Cl2F3N4. The van der Waals surface area contributed by atoms with Gasteiger partial charge in [0.15, 0.2) is 5.65 Å². The molecule has 9 heteroatoms. The molecule has 0 atom stereocenters. The maximum absolute atomic E-state index is 12.9. The molecule has 104 valence electrons. The van der Waals surface area contributed by atoms with Crippen LogP contribution in [0.5, 0.6) is 0 Å². The van der Waals surface area contributed by atoms with Gasteiger partial charge in [0.1, 0.15) is 5.82 Å². The van der Waals surface area contributed by atoms with Crippen molar-refractivity contribution in [1.29, 1.82) is 0 Å². The molecule has 20 heavy (non-hydrogen) atoms. The average Bonchev–Trinajstić information content (AvgIpc) is 2.69. The van der Waals surface area contributed by atoms with Gasteiger partial charge in [-0.3, -0.25) is 0 Å². The van der Waals surface area contributed by atoms with Gasteiger partial charge in [-0.25, -0.2) is 9.97 Å². The molecule has 4 nitrogen and oxygen atoms in total. The lowest BCUT2D eigenvalue weighted by molar-refractivity contribution is -0.137. The van der Waals surface area contributed by atoms with E-state index in [1.807, 2.05) is 0 Å². The van der Waals surface area contributed by atoms with E-state index in [-0.39, 0.29) is 21.8 Å². The largest absolute Gasteiger partial charge is 0.417 e. The summed E-state index contributed by atoms with van der Waals surface area (Å²) in [6.07, 6.45) is -4.56. The Bertz CT molecular complexity index is 841. The Morgan fingerprint density at radius 1 is 1.15 bits per heavy atom. The van der Waals surface area contributed by atoms with Crippen molar-refractivity contribution in [1.82, 2.24) is 19.6 Å². The van der Waals surface area contributed by atoms with Crippen molar-refractivity contribution in [2.75, 3.05) is 0 Å². The van der Waals surface area contributed by atoms with Crippen molar-refractivity contribution in [2.45, 2.75) is 13.1 Å². The molecule has 0 fully saturated rings. The quantitative estimate of drug-likeness (QED) is 0.590. The van der Waals surface area contributed by atoms with Gasteiger partial charge < -0.3 is 0 Å².